The Kier molecular flexibility index (Phi) is 3.31. The van der Waals surface area contributed by atoms with E-state index >= 15 is 0 Å². The third kappa shape index (κ3) is 2.51. The molecule has 1 unspecified atom stereocenters. The molecule has 1 atom stereocenters. The Balaban J connectivity index is 1.52. The van der Waals surface area contributed by atoms with Crippen molar-refractivity contribution in [2.75, 3.05) is 13.2 Å². The van der Waals surface area contributed by atoms with Crippen molar-refractivity contribution in [2.45, 2.75) is 31.7 Å². The molecule has 2 aliphatic rings. The molecule has 0 bridgehead atoms. The predicted molar refractivity (Wildman–Crippen MR) is 82.2 cm³/mol. The summed E-state index contributed by atoms with van der Waals surface area (Å²) >= 11 is 1.83. The molecular formula is C16H18N2O2S. The van der Waals surface area contributed by atoms with Gasteiger partial charge in [0.2, 0.25) is 0 Å². The van der Waals surface area contributed by atoms with Crippen molar-refractivity contribution in [1.82, 2.24) is 4.98 Å². The quantitative estimate of drug-likeness (QED) is 0.947. The van der Waals surface area contributed by atoms with Crippen molar-refractivity contribution in [3.8, 4) is 11.5 Å². The van der Waals surface area contributed by atoms with Gasteiger partial charge in [0.25, 0.3) is 0 Å². The van der Waals surface area contributed by atoms with E-state index in [0.717, 1.165) is 34.9 Å². The summed E-state index contributed by atoms with van der Waals surface area (Å²) in [6, 6.07) is 5.93. The fourth-order valence-corrected chi connectivity index (χ4v) is 4.14. The molecule has 1 aromatic heterocycles. The Hall–Kier alpha value is -1.59. The van der Waals surface area contributed by atoms with Crippen LogP contribution >= 0.6 is 11.3 Å². The van der Waals surface area contributed by atoms with Crippen molar-refractivity contribution < 1.29 is 9.47 Å². The average Bonchev–Trinajstić information content (AvgIpc) is 3.08. The van der Waals surface area contributed by atoms with E-state index in [1.165, 1.54) is 23.4 Å². The number of nitrogens with two attached hydrogens (primary N) is 1. The number of aryl methyl sites for hydroxylation is 2. The van der Waals surface area contributed by atoms with Crippen LogP contribution in [0.15, 0.2) is 18.2 Å². The fourth-order valence-electron chi connectivity index (χ4n) is 2.93. The summed E-state index contributed by atoms with van der Waals surface area (Å²) in [7, 11) is 0. The second-order valence-electron chi connectivity index (χ2n) is 5.54. The molecular weight excluding hydrogens is 284 g/mol. The first-order valence-electron chi connectivity index (χ1n) is 7.42. The van der Waals surface area contributed by atoms with Crippen LogP contribution in [0.2, 0.25) is 0 Å². The number of fused-ring (bicyclic) bond motifs is 2. The lowest BCUT2D eigenvalue weighted by molar-refractivity contribution is 0.171. The number of thiazole rings is 1. The molecule has 2 heterocycles. The summed E-state index contributed by atoms with van der Waals surface area (Å²) in [6.07, 6.45) is 4.36. The van der Waals surface area contributed by atoms with E-state index in [9.17, 15) is 0 Å². The van der Waals surface area contributed by atoms with Crippen LogP contribution in [0.4, 0.5) is 0 Å². The van der Waals surface area contributed by atoms with Gasteiger partial charge in [0.1, 0.15) is 13.2 Å². The topological polar surface area (TPSA) is 57.4 Å². The van der Waals surface area contributed by atoms with E-state index in [1.54, 1.807) is 0 Å². The second kappa shape index (κ2) is 5.31. The van der Waals surface area contributed by atoms with E-state index in [4.69, 9.17) is 20.2 Å². The number of benzene rings is 1. The molecule has 1 aromatic carbocycles. The molecule has 110 valence electrons. The SMILES string of the molecule is NC(Cc1nc2c(s1)CCC2)c1ccc2c(c1)OCCO2. The Morgan fingerprint density at radius 3 is 2.90 bits per heavy atom. The smallest absolute Gasteiger partial charge is 0.161 e. The Morgan fingerprint density at radius 1 is 1.19 bits per heavy atom. The maximum atomic E-state index is 6.35. The van der Waals surface area contributed by atoms with Gasteiger partial charge in [0.05, 0.1) is 10.7 Å². The van der Waals surface area contributed by atoms with Crippen LogP contribution in [0.3, 0.4) is 0 Å². The molecule has 0 saturated heterocycles. The van der Waals surface area contributed by atoms with Crippen molar-refractivity contribution in [1.29, 1.82) is 0 Å². The molecule has 21 heavy (non-hydrogen) atoms. The van der Waals surface area contributed by atoms with Crippen LogP contribution in [-0.4, -0.2) is 18.2 Å². The first-order valence-corrected chi connectivity index (χ1v) is 8.24. The molecule has 1 aliphatic carbocycles. The van der Waals surface area contributed by atoms with Crippen LogP contribution in [0.5, 0.6) is 11.5 Å². The molecule has 0 radical (unpaired) electrons. The molecule has 5 heteroatoms. The summed E-state index contributed by atoms with van der Waals surface area (Å²) < 4.78 is 11.2. The standard InChI is InChI=1S/C16H18N2O2S/c17-11(9-16-18-12-2-1-3-15(12)21-16)10-4-5-13-14(8-10)20-7-6-19-13/h4-5,8,11H,1-3,6-7,9,17H2. The third-order valence-electron chi connectivity index (χ3n) is 4.03. The summed E-state index contributed by atoms with van der Waals surface area (Å²) in [6.45, 7) is 1.22. The van der Waals surface area contributed by atoms with Crippen LogP contribution in [0, 0.1) is 0 Å². The minimum Gasteiger partial charge on any atom is -0.486 e. The Bertz CT molecular complexity index is 647. The average molecular weight is 302 g/mol. The van der Waals surface area contributed by atoms with E-state index in [-0.39, 0.29) is 6.04 Å². The Morgan fingerprint density at radius 2 is 2.05 bits per heavy atom. The van der Waals surface area contributed by atoms with Crippen molar-refractivity contribution in [2.24, 2.45) is 5.73 Å². The molecule has 4 rings (SSSR count). The van der Waals surface area contributed by atoms with Gasteiger partial charge in [-0.3, -0.25) is 0 Å². The second-order valence-corrected chi connectivity index (χ2v) is 6.71. The van der Waals surface area contributed by atoms with Crippen molar-refractivity contribution in [3.63, 3.8) is 0 Å². The molecule has 0 spiro atoms. The zero-order valence-electron chi connectivity index (χ0n) is 11.8. The third-order valence-corrected chi connectivity index (χ3v) is 5.21. The molecule has 0 amide bonds. The number of nitrogens with zero attached hydrogens (tertiary/aromatic N) is 1. The van der Waals surface area contributed by atoms with Gasteiger partial charge in [-0.1, -0.05) is 6.07 Å². The van der Waals surface area contributed by atoms with E-state index in [2.05, 4.69) is 0 Å². The highest BCUT2D eigenvalue weighted by atomic mass is 32.1. The zero-order chi connectivity index (χ0) is 14.2. The largest absolute Gasteiger partial charge is 0.486 e. The van der Waals surface area contributed by atoms with Gasteiger partial charge in [-0.2, -0.15) is 0 Å². The number of hydrogen-bond acceptors (Lipinski definition) is 5. The summed E-state index contributed by atoms with van der Waals surface area (Å²) in [4.78, 5) is 6.18. The summed E-state index contributed by atoms with van der Waals surface area (Å²) in [5, 5.41) is 1.15. The highest BCUT2D eigenvalue weighted by molar-refractivity contribution is 7.11. The van der Waals surface area contributed by atoms with Gasteiger partial charge in [0.15, 0.2) is 11.5 Å². The molecule has 0 fully saturated rings. The normalized spacial score (nSPS) is 17.6. The maximum Gasteiger partial charge on any atom is 0.161 e. The molecule has 2 aromatic rings. The zero-order valence-corrected chi connectivity index (χ0v) is 12.6. The van der Waals surface area contributed by atoms with Gasteiger partial charge in [-0.25, -0.2) is 4.98 Å². The maximum absolute atomic E-state index is 6.35. The van der Waals surface area contributed by atoms with Gasteiger partial charge in [-0.15, -0.1) is 11.3 Å². The first-order chi connectivity index (χ1) is 10.3. The minimum atomic E-state index is -0.0490. The van der Waals surface area contributed by atoms with Gasteiger partial charge >= 0.3 is 0 Å². The highest BCUT2D eigenvalue weighted by Gasteiger charge is 2.19. The summed E-state index contributed by atoms with van der Waals surface area (Å²) in [5.41, 5.74) is 8.72. The molecule has 1 aliphatic heterocycles. The minimum absolute atomic E-state index is 0.0490. The number of ether oxygens (including phenoxy) is 2. The predicted octanol–water partition coefficient (Wildman–Crippen LogP) is 2.65. The molecule has 0 saturated carbocycles. The van der Waals surface area contributed by atoms with Crippen LogP contribution in [-0.2, 0) is 19.3 Å². The van der Waals surface area contributed by atoms with Gasteiger partial charge in [0, 0.05) is 17.3 Å². The Labute approximate surface area is 127 Å². The molecule has 4 nitrogen and oxygen atoms in total. The van der Waals surface area contributed by atoms with E-state index < -0.39 is 0 Å². The fraction of sp³-hybridized carbons (Fsp3) is 0.438. The van der Waals surface area contributed by atoms with Gasteiger partial charge in [-0.05, 0) is 37.0 Å². The van der Waals surface area contributed by atoms with Crippen molar-refractivity contribution in [3.05, 3.63) is 39.3 Å². The monoisotopic (exact) mass is 302 g/mol. The van der Waals surface area contributed by atoms with Crippen LogP contribution in [0.25, 0.3) is 0 Å². The van der Waals surface area contributed by atoms with E-state index in [0.29, 0.717) is 13.2 Å². The molecule has 2 N–H and O–H groups in total. The number of rotatable bonds is 3. The van der Waals surface area contributed by atoms with Crippen LogP contribution in [0.1, 0.15) is 33.6 Å². The first kappa shape index (κ1) is 13.1. The number of hydrogen-bond donors (Lipinski definition) is 1. The number of aromatic nitrogens is 1. The van der Waals surface area contributed by atoms with Crippen LogP contribution < -0.4 is 15.2 Å². The highest BCUT2D eigenvalue weighted by Crippen LogP contribution is 2.34. The lowest BCUT2D eigenvalue weighted by atomic mass is 10.0. The lowest BCUT2D eigenvalue weighted by Crippen LogP contribution is -2.17. The lowest BCUT2D eigenvalue weighted by Gasteiger charge is -2.20. The van der Waals surface area contributed by atoms with E-state index in [1.807, 2.05) is 29.5 Å². The van der Waals surface area contributed by atoms with Crippen molar-refractivity contribution >= 4 is 11.3 Å². The van der Waals surface area contributed by atoms with Gasteiger partial charge < -0.3 is 15.2 Å². The summed E-state index contributed by atoms with van der Waals surface area (Å²) in [5.74, 6) is 1.61.